The van der Waals surface area contributed by atoms with Gasteiger partial charge < -0.3 is 0 Å². The molecule has 0 radical (unpaired) electrons. The Kier molecular flexibility index (Phi) is 5.75. The highest BCUT2D eigenvalue weighted by Gasteiger charge is 2.54. The van der Waals surface area contributed by atoms with Crippen LogP contribution in [0.15, 0.2) is 36.4 Å². The number of benzene rings is 1. The second-order valence-corrected chi connectivity index (χ2v) is 15.3. The van der Waals surface area contributed by atoms with Crippen LogP contribution in [0.5, 0.6) is 0 Å². The van der Waals surface area contributed by atoms with Crippen LogP contribution in [0, 0.1) is 37.5 Å². The molecule has 28 heavy (non-hydrogen) atoms. The summed E-state index contributed by atoms with van der Waals surface area (Å²) >= 11 is 0. The van der Waals surface area contributed by atoms with Crippen molar-refractivity contribution < 1.29 is 0 Å². The normalized spacial score (nSPS) is 32.2. The van der Waals surface area contributed by atoms with Gasteiger partial charge in [-0.1, -0.05) is 100 Å². The Hall–Kier alpha value is -1.08. The van der Waals surface area contributed by atoms with Crippen molar-refractivity contribution in [2.24, 2.45) is 23.7 Å². The molecule has 1 saturated carbocycles. The van der Waals surface area contributed by atoms with Crippen molar-refractivity contribution >= 4 is 13.6 Å². The number of rotatable bonds is 5. The summed E-state index contributed by atoms with van der Waals surface area (Å²) in [5, 5.41) is 0. The van der Waals surface area contributed by atoms with E-state index >= 15 is 0 Å². The molecule has 1 aliphatic heterocycles. The first kappa shape index (κ1) is 20.2. The van der Waals surface area contributed by atoms with Crippen LogP contribution in [0.3, 0.4) is 0 Å². The van der Waals surface area contributed by atoms with E-state index in [0.29, 0.717) is 0 Å². The fourth-order valence-corrected chi connectivity index (χ4v) is 15.0. The highest BCUT2D eigenvalue weighted by Crippen LogP contribution is 2.61. The molecule has 5 unspecified atom stereocenters. The third-order valence-electron chi connectivity index (χ3n) is 8.58. The lowest BCUT2D eigenvalue weighted by molar-refractivity contribution is 0.528. The van der Waals surface area contributed by atoms with Gasteiger partial charge in [0, 0.05) is 0 Å². The van der Waals surface area contributed by atoms with Crippen LogP contribution >= 0.6 is 0 Å². The summed E-state index contributed by atoms with van der Waals surface area (Å²) in [4.78, 5) is 0. The maximum absolute atomic E-state index is 2.63. The molecule has 1 heteroatoms. The summed E-state index contributed by atoms with van der Waals surface area (Å²) in [6, 6.07) is 11.9. The van der Waals surface area contributed by atoms with Gasteiger partial charge in [-0.25, -0.2) is 0 Å². The van der Waals surface area contributed by atoms with Gasteiger partial charge in [0.2, 0.25) is 0 Å². The molecule has 1 heterocycles. The molecule has 0 aromatic heterocycles. The van der Waals surface area contributed by atoms with E-state index in [4.69, 9.17) is 0 Å². The maximum atomic E-state index is 2.63. The average Bonchev–Trinajstić information content (AvgIpc) is 3.25. The monoisotopic (exact) mass is 392 g/mol. The van der Waals surface area contributed by atoms with Crippen molar-refractivity contribution in [3.05, 3.63) is 53.1 Å². The summed E-state index contributed by atoms with van der Waals surface area (Å²) in [7, 11) is -1.19. The molecule has 0 nitrogen and oxygen atoms in total. The zero-order valence-electron chi connectivity index (χ0n) is 18.8. The van der Waals surface area contributed by atoms with E-state index in [2.05, 4.69) is 71.0 Å². The Morgan fingerprint density at radius 1 is 1.14 bits per heavy atom. The summed E-state index contributed by atoms with van der Waals surface area (Å²) in [6.07, 6.45) is 13.3. The first-order chi connectivity index (χ1) is 13.4. The van der Waals surface area contributed by atoms with E-state index in [-0.39, 0.29) is 0 Å². The predicted molar refractivity (Wildman–Crippen MR) is 126 cm³/mol. The standard InChI is InChI=1S/C27H40Si/c1-6-19(2)18-28(14-7-8-15-28)27-22(5)17-26-24(10-9-11-25(26)27)23-13-12-20(3)16-21(23)4/h9-13,16,19,22,25-27H,6-8,14-15,17-18H2,1-5H3. The fourth-order valence-electron chi connectivity index (χ4n) is 7.36. The number of aryl methyl sites for hydroxylation is 2. The lowest BCUT2D eigenvalue weighted by atomic mass is 9.80. The highest BCUT2D eigenvalue weighted by atomic mass is 28.3. The molecule has 0 N–H and O–H groups in total. The van der Waals surface area contributed by atoms with Crippen LogP contribution in [-0.2, 0) is 0 Å². The van der Waals surface area contributed by atoms with Crippen molar-refractivity contribution in [2.45, 2.75) is 84.0 Å². The minimum absolute atomic E-state index is 0.758. The van der Waals surface area contributed by atoms with Gasteiger partial charge in [0.25, 0.3) is 0 Å². The molecule has 5 atom stereocenters. The number of hydrogen-bond donors (Lipinski definition) is 0. The Morgan fingerprint density at radius 3 is 2.57 bits per heavy atom. The van der Waals surface area contributed by atoms with Crippen molar-refractivity contribution in [2.75, 3.05) is 0 Å². The quantitative estimate of drug-likeness (QED) is 0.443. The lowest BCUT2D eigenvalue weighted by Gasteiger charge is -2.42. The van der Waals surface area contributed by atoms with E-state index in [1.165, 1.54) is 42.4 Å². The maximum Gasteiger partial charge on any atom is 0.0578 e. The van der Waals surface area contributed by atoms with Gasteiger partial charge in [0.15, 0.2) is 0 Å². The molecule has 1 aromatic carbocycles. The van der Waals surface area contributed by atoms with Gasteiger partial charge in [-0.2, -0.15) is 0 Å². The SMILES string of the molecule is CCC(C)C[Si]1(C2C(C)CC3C(c4ccc(C)cc4C)=CC=CC32)CCCC1. The van der Waals surface area contributed by atoms with E-state index in [1.807, 2.05) is 0 Å². The first-order valence-electron chi connectivity index (χ1n) is 11.9. The van der Waals surface area contributed by atoms with Crippen molar-refractivity contribution in [1.82, 2.24) is 0 Å². The molecule has 1 aromatic rings. The zero-order valence-corrected chi connectivity index (χ0v) is 19.8. The molecular weight excluding hydrogens is 352 g/mol. The summed E-state index contributed by atoms with van der Waals surface area (Å²) in [5.41, 5.74) is 7.02. The smallest absolute Gasteiger partial charge is 0.0578 e. The second kappa shape index (κ2) is 7.98. The lowest BCUT2D eigenvalue weighted by Crippen LogP contribution is -2.42. The van der Waals surface area contributed by atoms with Crippen LogP contribution in [0.2, 0.25) is 23.7 Å². The molecule has 3 aliphatic rings. The van der Waals surface area contributed by atoms with Crippen LogP contribution in [-0.4, -0.2) is 8.07 Å². The predicted octanol–water partition coefficient (Wildman–Crippen LogP) is 8.19. The third-order valence-corrected chi connectivity index (χ3v) is 15.2. The van der Waals surface area contributed by atoms with Gasteiger partial charge in [0.05, 0.1) is 8.07 Å². The Balaban J connectivity index is 1.67. The molecule has 2 fully saturated rings. The van der Waals surface area contributed by atoms with E-state index in [0.717, 1.165) is 29.2 Å². The Bertz CT molecular complexity index is 764. The Morgan fingerprint density at radius 2 is 1.89 bits per heavy atom. The number of allylic oxidation sites excluding steroid dienone is 4. The van der Waals surface area contributed by atoms with Crippen molar-refractivity contribution in [3.63, 3.8) is 0 Å². The zero-order chi connectivity index (χ0) is 19.9. The Labute approximate surface area is 174 Å². The van der Waals surface area contributed by atoms with Crippen LogP contribution in [0.1, 0.15) is 63.1 Å². The second-order valence-electron chi connectivity index (χ2n) is 10.5. The molecule has 4 rings (SSSR count). The van der Waals surface area contributed by atoms with Crippen molar-refractivity contribution in [3.8, 4) is 0 Å². The molecule has 0 amide bonds. The summed E-state index contributed by atoms with van der Waals surface area (Å²) < 4.78 is 0. The van der Waals surface area contributed by atoms with E-state index in [9.17, 15) is 0 Å². The van der Waals surface area contributed by atoms with E-state index in [1.54, 1.807) is 23.7 Å². The molecule has 0 bridgehead atoms. The van der Waals surface area contributed by atoms with Gasteiger partial charge >= 0.3 is 0 Å². The van der Waals surface area contributed by atoms with Gasteiger partial charge in [-0.05, 0) is 66.2 Å². The molecule has 152 valence electrons. The average molecular weight is 393 g/mol. The third kappa shape index (κ3) is 3.49. The topological polar surface area (TPSA) is 0 Å². The van der Waals surface area contributed by atoms with Crippen molar-refractivity contribution in [1.29, 1.82) is 0 Å². The fraction of sp³-hybridized carbons (Fsp3) is 0.630. The minimum atomic E-state index is -1.19. The minimum Gasteiger partial charge on any atom is -0.0808 e. The molecule has 1 saturated heterocycles. The van der Waals surface area contributed by atoms with E-state index < -0.39 is 8.07 Å². The largest absolute Gasteiger partial charge is 0.0808 e. The van der Waals surface area contributed by atoms with Gasteiger partial charge in [0.1, 0.15) is 0 Å². The summed E-state index contributed by atoms with van der Waals surface area (Å²) in [5.74, 6) is 3.40. The highest BCUT2D eigenvalue weighted by molar-refractivity contribution is 6.82. The van der Waals surface area contributed by atoms with Crippen LogP contribution < -0.4 is 0 Å². The van der Waals surface area contributed by atoms with Crippen LogP contribution in [0.25, 0.3) is 5.57 Å². The van der Waals surface area contributed by atoms with Crippen LogP contribution in [0.4, 0.5) is 0 Å². The number of hydrogen-bond acceptors (Lipinski definition) is 0. The van der Waals surface area contributed by atoms with Gasteiger partial charge in [-0.15, -0.1) is 0 Å². The number of fused-ring (bicyclic) bond motifs is 1. The molecule has 0 spiro atoms. The molecule has 2 aliphatic carbocycles. The van der Waals surface area contributed by atoms with Gasteiger partial charge in [-0.3, -0.25) is 0 Å². The first-order valence-corrected chi connectivity index (χ1v) is 14.6. The molecular formula is C27H40Si. The summed E-state index contributed by atoms with van der Waals surface area (Å²) in [6.45, 7) is 12.1.